The highest BCUT2D eigenvalue weighted by atomic mass is 19.1. The number of hydrogen-bond donors (Lipinski definition) is 1. The summed E-state index contributed by atoms with van der Waals surface area (Å²) < 4.78 is 18.4. The lowest BCUT2D eigenvalue weighted by atomic mass is 10.2. The molecule has 1 aliphatic rings. The topological polar surface area (TPSA) is 75.9 Å². The van der Waals surface area contributed by atoms with Gasteiger partial charge in [0.05, 0.1) is 5.56 Å². The van der Waals surface area contributed by atoms with Crippen LogP contribution >= 0.6 is 0 Å². The summed E-state index contributed by atoms with van der Waals surface area (Å²) >= 11 is 0. The predicted molar refractivity (Wildman–Crippen MR) is 75.2 cm³/mol. The van der Waals surface area contributed by atoms with E-state index in [1.54, 1.807) is 4.90 Å². The molecule has 2 rings (SSSR count). The Morgan fingerprint density at radius 3 is 2.57 bits per heavy atom. The van der Waals surface area contributed by atoms with E-state index in [4.69, 9.17) is 10.5 Å². The number of amides is 1. The third-order valence-electron chi connectivity index (χ3n) is 3.40. The summed E-state index contributed by atoms with van der Waals surface area (Å²) in [6, 6.07) is 3.69. The number of nitrogens with two attached hydrogens (primary N) is 1. The van der Waals surface area contributed by atoms with Gasteiger partial charge in [-0.2, -0.15) is 0 Å². The molecule has 0 aromatic heterocycles. The molecule has 6 nitrogen and oxygen atoms in total. The van der Waals surface area contributed by atoms with Crippen LogP contribution in [-0.2, 0) is 9.53 Å². The molecule has 0 saturated carbocycles. The van der Waals surface area contributed by atoms with Gasteiger partial charge >= 0.3 is 5.97 Å². The number of likely N-dealkylation sites (N-methyl/N-ethyl adjacent to an activating group) is 1. The van der Waals surface area contributed by atoms with Crippen LogP contribution in [0.25, 0.3) is 0 Å². The Labute approximate surface area is 122 Å². The van der Waals surface area contributed by atoms with Crippen LogP contribution in [0.1, 0.15) is 10.4 Å². The van der Waals surface area contributed by atoms with E-state index in [0.717, 1.165) is 19.2 Å². The van der Waals surface area contributed by atoms with Crippen LogP contribution in [0.4, 0.5) is 10.1 Å². The normalized spacial score (nSPS) is 15.8. The zero-order valence-electron chi connectivity index (χ0n) is 11.8. The molecule has 1 amide bonds. The van der Waals surface area contributed by atoms with Crippen LogP contribution in [0.2, 0.25) is 0 Å². The fourth-order valence-electron chi connectivity index (χ4n) is 2.05. The first kappa shape index (κ1) is 15.2. The number of esters is 1. The van der Waals surface area contributed by atoms with Crippen molar-refractivity contribution in [1.82, 2.24) is 9.80 Å². The number of benzene rings is 1. The molecule has 0 aliphatic carbocycles. The number of ether oxygens (including phenoxy) is 1. The molecule has 1 aromatic rings. The SMILES string of the molecule is CN1CCN(C(=O)COC(=O)c2ccc(N)cc2F)CC1. The minimum absolute atomic E-state index is 0.220. The van der Waals surface area contributed by atoms with Gasteiger partial charge in [-0.1, -0.05) is 0 Å². The number of piperazine rings is 1. The maximum atomic E-state index is 13.5. The third-order valence-corrected chi connectivity index (χ3v) is 3.40. The monoisotopic (exact) mass is 295 g/mol. The molecule has 0 radical (unpaired) electrons. The summed E-state index contributed by atoms with van der Waals surface area (Å²) in [5.41, 5.74) is 5.40. The highest BCUT2D eigenvalue weighted by molar-refractivity contribution is 5.92. The maximum absolute atomic E-state index is 13.5. The second-order valence-electron chi connectivity index (χ2n) is 5.00. The highest BCUT2D eigenvalue weighted by Gasteiger charge is 2.21. The van der Waals surface area contributed by atoms with Crippen molar-refractivity contribution in [3.05, 3.63) is 29.6 Å². The Morgan fingerprint density at radius 1 is 1.29 bits per heavy atom. The van der Waals surface area contributed by atoms with E-state index >= 15 is 0 Å². The molecule has 21 heavy (non-hydrogen) atoms. The van der Waals surface area contributed by atoms with Gasteiger partial charge in [0, 0.05) is 31.9 Å². The smallest absolute Gasteiger partial charge is 0.341 e. The van der Waals surface area contributed by atoms with Crippen molar-refractivity contribution in [3.63, 3.8) is 0 Å². The van der Waals surface area contributed by atoms with E-state index in [1.165, 1.54) is 12.1 Å². The molecule has 0 atom stereocenters. The van der Waals surface area contributed by atoms with Crippen molar-refractivity contribution in [2.45, 2.75) is 0 Å². The minimum Gasteiger partial charge on any atom is -0.452 e. The quantitative estimate of drug-likeness (QED) is 0.643. The van der Waals surface area contributed by atoms with Crippen molar-refractivity contribution in [2.75, 3.05) is 45.6 Å². The van der Waals surface area contributed by atoms with Gasteiger partial charge in [0.15, 0.2) is 6.61 Å². The molecular weight excluding hydrogens is 277 g/mol. The molecule has 1 aliphatic heterocycles. The number of anilines is 1. The summed E-state index contributed by atoms with van der Waals surface area (Å²) in [6.45, 7) is 2.39. The number of nitrogen functional groups attached to an aromatic ring is 1. The third kappa shape index (κ3) is 3.91. The molecule has 0 bridgehead atoms. The Hall–Kier alpha value is -2.15. The van der Waals surface area contributed by atoms with Crippen LogP contribution in [-0.4, -0.2) is 61.5 Å². The second-order valence-corrected chi connectivity index (χ2v) is 5.00. The molecule has 7 heteroatoms. The first-order valence-electron chi connectivity index (χ1n) is 6.66. The van der Waals surface area contributed by atoms with E-state index in [1.807, 2.05) is 7.05 Å². The van der Waals surface area contributed by atoms with E-state index in [0.29, 0.717) is 13.1 Å². The van der Waals surface area contributed by atoms with E-state index in [-0.39, 0.29) is 23.8 Å². The molecule has 1 heterocycles. The van der Waals surface area contributed by atoms with Gasteiger partial charge in [0.2, 0.25) is 0 Å². The second kappa shape index (κ2) is 6.53. The zero-order valence-corrected chi connectivity index (χ0v) is 11.8. The fourth-order valence-corrected chi connectivity index (χ4v) is 2.05. The number of carbonyl (C=O) groups excluding carboxylic acids is 2. The summed E-state index contributed by atoms with van der Waals surface area (Å²) in [6.07, 6.45) is 0. The molecule has 0 unspecified atom stereocenters. The van der Waals surface area contributed by atoms with Gasteiger partial charge in [-0.05, 0) is 25.2 Å². The predicted octanol–water partition coefficient (Wildman–Crippen LogP) is 0.339. The largest absolute Gasteiger partial charge is 0.452 e. The van der Waals surface area contributed by atoms with E-state index in [2.05, 4.69) is 4.90 Å². The average Bonchev–Trinajstić information content (AvgIpc) is 2.45. The highest BCUT2D eigenvalue weighted by Crippen LogP contribution is 2.13. The van der Waals surface area contributed by atoms with Crippen molar-refractivity contribution in [1.29, 1.82) is 0 Å². The lowest BCUT2D eigenvalue weighted by Crippen LogP contribution is -2.48. The molecular formula is C14H18FN3O3. The summed E-state index contributed by atoms with van der Waals surface area (Å²) in [5.74, 6) is -1.89. The van der Waals surface area contributed by atoms with Crippen LogP contribution in [0.5, 0.6) is 0 Å². The zero-order chi connectivity index (χ0) is 15.4. The molecule has 1 aromatic carbocycles. The molecule has 114 valence electrons. The number of nitrogens with zero attached hydrogens (tertiary/aromatic N) is 2. The summed E-state index contributed by atoms with van der Waals surface area (Å²) in [4.78, 5) is 27.4. The van der Waals surface area contributed by atoms with E-state index in [9.17, 15) is 14.0 Å². The molecule has 1 saturated heterocycles. The number of carbonyl (C=O) groups is 2. The van der Waals surface area contributed by atoms with Crippen LogP contribution in [0.15, 0.2) is 18.2 Å². The van der Waals surface area contributed by atoms with Gasteiger partial charge in [-0.25, -0.2) is 9.18 Å². The Bertz CT molecular complexity index is 542. The molecule has 0 spiro atoms. The molecule has 1 fully saturated rings. The van der Waals surface area contributed by atoms with Crippen molar-refractivity contribution in [2.24, 2.45) is 0 Å². The van der Waals surface area contributed by atoms with Gasteiger partial charge in [-0.15, -0.1) is 0 Å². The standard InChI is InChI=1S/C14H18FN3O3/c1-17-4-6-18(7-5-17)13(19)9-21-14(20)11-3-2-10(16)8-12(11)15/h2-3,8H,4-7,9,16H2,1H3. The van der Waals surface area contributed by atoms with Crippen LogP contribution in [0, 0.1) is 5.82 Å². The van der Waals surface area contributed by atoms with Crippen molar-refractivity contribution >= 4 is 17.6 Å². The maximum Gasteiger partial charge on any atom is 0.341 e. The van der Waals surface area contributed by atoms with Crippen LogP contribution < -0.4 is 5.73 Å². The van der Waals surface area contributed by atoms with E-state index < -0.39 is 11.8 Å². The Kier molecular flexibility index (Phi) is 4.74. The first-order chi connectivity index (χ1) is 9.97. The average molecular weight is 295 g/mol. The minimum atomic E-state index is -0.866. The van der Waals surface area contributed by atoms with Gasteiger partial charge < -0.3 is 20.3 Å². The Morgan fingerprint density at radius 2 is 1.95 bits per heavy atom. The number of halogens is 1. The summed E-state index contributed by atoms with van der Waals surface area (Å²) in [7, 11) is 1.98. The Balaban J connectivity index is 1.87. The first-order valence-corrected chi connectivity index (χ1v) is 6.66. The fraction of sp³-hybridized carbons (Fsp3) is 0.429. The summed E-state index contributed by atoms with van der Waals surface area (Å²) in [5, 5.41) is 0. The van der Waals surface area contributed by atoms with Crippen LogP contribution in [0.3, 0.4) is 0 Å². The molecule has 2 N–H and O–H groups in total. The number of hydrogen-bond acceptors (Lipinski definition) is 5. The number of rotatable bonds is 3. The van der Waals surface area contributed by atoms with Gasteiger partial charge in [0.25, 0.3) is 5.91 Å². The lowest BCUT2D eigenvalue weighted by Gasteiger charge is -2.32. The van der Waals surface area contributed by atoms with Crippen molar-refractivity contribution in [3.8, 4) is 0 Å². The van der Waals surface area contributed by atoms with Gasteiger partial charge in [-0.3, -0.25) is 4.79 Å². The lowest BCUT2D eigenvalue weighted by molar-refractivity contribution is -0.136. The van der Waals surface area contributed by atoms with Gasteiger partial charge in [0.1, 0.15) is 5.82 Å². The van der Waals surface area contributed by atoms with Crippen molar-refractivity contribution < 1.29 is 18.7 Å².